The zero-order valence-corrected chi connectivity index (χ0v) is 15.0. The van der Waals surface area contributed by atoms with Crippen LogP contribution < -0.4 is 4.74 Å². The van der Waals surface area contributed by atoms with Gasteiger partial charge >= 0.3 is 0 Å². The van der Waals surface area contributed by atoms with Crippen molar-refractivity contribution in [2.24, 2.45) is 0 Å². The zero-order valence-electron chi connectivity index (χ0n) is 15.0. The molecule has 0 spiro atoms. The third-order valence-corrected chi connectivity index (χ3v) is 4.77. The van der Waals surface area contributed by atoms with Gasteiger partial charge in [0.1, 0.15) is 5.75 Å². The molecular formula is C21H33NO. The van der Waals surface area contributed by atoms with Gasteiger partial charge in [-0.15, -0.1) is 0 Å². The minimum absolute atomic E-state index is 0.921. The third kappa shape index (κ3) is 5.93. The van der Waals surface area contributed by atoms with Crippen molar-refractivity contribution in [2.45, 2.75) is 77.6 Å². The summed E-state index contributed by atoms with van der Waals surface area (Å²) in [6, 6.07) is 6.31. The summed E-state index contributed by atoms with van der Waals surface area (Å²) in [6.07, 6.45) is 17.3. The molecule has 0 atom stereocenters. The Morgan fingerprint density at radius 1 is 0.870 bits per heavy atom. The maximum absolute atomic E-state index is 5.28. The molecule has 0 saturated carbocycles. The molecule has 0 amide bonds. The Kier molecular flexibility index (Phi) is 8.06. The average Bonchev–Trinajstić information content (AvgIpc) is 2.98. The molecule has 2 heteroatoms. The monoisotopic (exact) mass is 315 g/mol. The molecule has 0 fully saturated rings. The maximum atomic E-state index is 5.28. The summed E-state index contributed by atoms with van der Waals surface area (Å²) in [5.74, 6) is 0.921. The number of ether oxygens (including phenoxy) is 1. The Morgan fingerprint density at radius 3 is 2.17 bits per heavy atom. The van der Waals surface area contributed by atoms with Crippen molar-refractivity contribution in [1.82, 2.24) is 4.98 Å². The van der Waals surface area contributed by atoms with E-state index in [1.807, 2.05) is 0 Å². The van der Waals surface area contributed by atoms with Gasteiger partial charge < -0.3 is 9.72 Å². The van der Waals surface area contributed by atoms with Crippen LogP contribution in [0.25, 0.3) is 10.9 Å². The van der Waals surface area contributed by atoms with E-state index < -0.39 is 0 Å². The first-order chi connectivity index (χ1) is 11.3. The summed E-state index contributed by atoms with van der Waals surface area (Å²) in [4.78, 5) is 3.37. The predicted octanol–water partition coefficient (Wildman–Crippen LogP) is 6.64. The second-order valence-electron chi connectivity index (χ2n) is 6.66. The molecule has 0 aliphatic carbocycles. The van der Waals surface area contributed by atoms with Crippen molar-refractivity contribution in [3.63, 3.8) is 0 Å². The van der Waals surface area contributed by atoms with Crippen LogP contribution in [0, 0.1) is 0 Å². The summed E-state index contributed by atoms with van der Waals surface area (Å²) in [7, 11) is 1.72. The number of hydrogen-bond acceptors (Lipinski definition) is 1. The Hall–Kier alpha value is -1.44. The predicted molar refractivity (Wildman–Crippen MR) is 100 cm³/mol. The highest BCUT2D eigenvalue weighted by Crippen LogP contribution is 2.24. The molecule has 128 valence electrons. The molecule has 0 unspecified atom stereocenters. The van der Waals surface area contributed by atoms with Crippen molar-refractivity contribution >= 4 is 10.9 Å². The first kappa shape index (κ1) is 17.9. The molecule has 0 bridgehead atoms. The molecule has 0 aliphatic rings. The largest absolute Gasteiger partial charge is 0.497 e. The van der Waals surface area contributed by atoms with Gasteiger partial charge in [-0.2, -0.15) is 0 Å². The Labute approximate surface area is 141 Å². The number of aromatic nitrogens is 1. The Balaban J connectivity index is 1.60. The Morgan fingerprint density at radius 2 is 1.52 bits per heavy atom. The lowest BCUT2D eigenvalue weighted by atomic mass is 10.0. The second-order valence-corrected chi connectivity index (χ2v) is 6.66. The van der Waals surface area contributed by atoms with Crippen LogP contribution in [0.1, 0.15) is 76.7 Å². The highest BCUT2D eigenvalue weighted by molar-refractivity contribution is 5.84. The van der Waals surface area contributed by atoms with Gasteiger partial charge in [0.2, 0.25) is 0 Å². The summed E-state index contributed by atoms with van der Waals surface area (Å²) in [6.45, 7) is 2.28. The molecule has 23 heavy (non-hydrogen) atoms. The van der Waals surface area contributed by atoms with Crippen LogP contribution in [0.4, 0.5) is 0 Å². The molecule has 2 nitrogen and oxygen atoms in total. The van der Waals surface area contributed by atoms with Crippen LogP contribution in [-0.2, 0) is 6.42 Å². The van der Waals surface area contributed by atoms with Crippen molar-refractivity contribution in [3.8, 4) is 5.75 Å². The van der Waals surface area contributed by atoms with Gasteiger partial charge in [-0.3, -0.25) is 0 Å². The normalized spacial score (nSPS) is 11.2. The molecule has 1 heterocycles. The van der Waals surface area contributed by atoms with Crippen LogP contribution >= 0.6 is 0 Å². The molecule has 1 aromatic heterocycles. The number of aryl methyl sites for hydroxylation is 1. The van der Waals surface area contributed by atoms with E-state index in [9.17, 15) is 0 Å². The molecule has 1 aromatic carbocycles. The van der Waals surface area contributed by atoms with Gasteiger partial charge in [-0.25, -0.2) is 0 Å². The number of aromatic amines is 1. The molecule has 0 saturated heterocycles. The van der Waals surface area contributed by atoms with Crippen molar-refractivity contribution in [3.05, 3.63) is 30.0 Å². The van der Waals surface area contributed by atoms with E-state index >= 15 is 0 Å². The third-order valence-electron chi connectivity index (χ3n) is 4.77. The van der Waals surface area contributed by atoms with E-state index in [1.165, 1.54) is 87.1 Å². The number of methoxy groups -OCH3 is 1. The summed E-state index contributed by atoms with van der Waals surface area (Å²) in [5, 5.41) is 1.35. The van der Waals surface area contributed by atoms with Crippen molar-refractivity contribution in [2.75, 3.05) is 7.11 Å². The molecule has 1 N–H and O–H groups in total. The van der Waals surface area contributed by atoms with E-state index in [0.29, 0.717) is 0 Å². The van der Waals surface area contributed by atoms with Crippen LogP contribution in [0.3, 0.4) is 0 Å². The number of unbranched alkanes of at least 4 members (excludes halogenated alkanes) is 9. The molecule has 0 aliphatic heterocycles. The number of hydrogen-bond donors (Lipinski definition) is 1. The smallest absolute Gasteiger partial charge is 0.120 e. The van der Waals surface area contributed by atoms with Crippen LogP contribution in [0.15, 0.2) is 24.4 Å². The van der Waals surface area contributed by atoms with E-state index in [0.717, 1.165) is 5.75 Å². The fourth-order valence-corrected chi connectivity index (χ4v) is 3.30. The first-order valence-electron chi connectivity index (χ1n) is 9.49. The SMILES string of the molecule is CCCCCCCCCCCCc1c[nH]c2cc(OC)ccc12. The average molecular weight is 316 g/mol. The lowest BCUT2D eigenvalue weighted by molar-refractivity contribution is 0.415. The topological polar surface area (TPSA) is 25.0 Å². The van der Waals surface area contributed by atoms with Crippen molar-refractivity contribution in [1.29, 1.82) is 0 Å². The highest BCUT2D eigenvalue weighted by Gasteiger charge is 2.04. The number of benzene rings is 1. The standard InChI is InChI=1S/C21H33NO/c1-3-4-5-6-7-8-9-10-11-12-13-18-17-22-21-16-19(23-2)14-15-20(18)21/h14-17,22H,3-13H2,1-2H3. The summed E-state index contributed by atoms with van der Waals surface area (Å²) >= 11 is 0. The summed E-state index contributed by atoms with van der Waals surface area (Å²) < 4.78 is 5.28. The number of H-pyrrole nitrogens is 1. The quantitative estimate of drug-likeness (QED) is 0.436. The van der Waals surface area contributed by atoms with Crippen LogP contribution in [-0.4, -0.2) is 12.1 Å². The number of rotatable bonds is 12. The fraction of sp³-hybridized carbons (Fsp3) is 0.619. The van der Waals surface area contributed by atoms with Gasteiger partial charge in [-0.1, -0.05) is 64.7 Å². The van der Waals surface area contributed by atoms with Gasteiger partial charge in [-0.05, 0) is 30.5 Å². The minimum atomic E-state index is 0.921. The zero-order chi connectivity index (χ0) is 16.3. The molecular weight excluding hydrogens is 282 g/mol. The van der Waals surface area contributed by atoms with Crippen LogP contribution in [0.5, 0.6) is 5.75 Å². The van der Waals surface area contributed by atoms with Gasteiger partial charge in [0.25, 0.3) is 0 Å². The lowest BCUT2D eigenvalue weighted by Gasteiger charge is -2.03. The molecule has 2 aromatic rings. The minimum Gasteiger partial charge on any atom is -0.497 e. The van der Waals surface area contributed by atoms with E-state index in [1.54, 1.807) is 7.11 Å². The summed E-state index contributed by atoms with van der Waals surface area (Å²) in [5.41, 5.74) is 2.63. The van der Waals surface area contributed by atoms with E-state index in [2.05, 4.69) is 36.3 Å². The first-order valence-corrected chi connectivity index (χ1v) is 9.49. The fourth-order valence-electron chi connectivity index (χ4n) is 3.30. The maximum Gasteiger partial charge on any atom is 0.120 e. The van der Waals surface area contributed by atoms with E-state index in [-0.39, 0.29) is 0 Å². The number of fused-ring (bicyclic) bond motifs is 1. The van der Waals surface area contributed by atoms with Gasteiger partial charge in [0.05, 0.1) is 7.11 Å². The second kappa shape index (κ2) is 10.4. The van der Waals surface area contributed by atoms with Crippen molar-refractivity contribution < 1.29 is 4.74 Å². The van der Waals surface area contributed by atoms with Crippen LogP contribution in [0.2, 0.25) is 0 Å². The van der Waals surface area contributed by atoms with Gasteiger partial charge in [0, 0.05) is 23.2 Å². The Bertz CT molecular complexity index is 558. The highest BCUT2D eigenvalue weighted by atomic mass is 16.5. The van der Waals surface area contributed by atoms with E-state index in [4.69, 9.17) is 4.74 Å². The molecule has 0 radical (unpaired) electrons. The van der Waals surface area contributed by atoms with Gasteiger partial charge in [0.15, 0.2) is 0 Å². The number of nitrogens with one attached hydrogen (secondary N) is 1. The lowest BCUT2D eigenvalue weighted by Crippen LogP contribution is -1.86. The molecule has 2 rings (SSSR count).